The summed E-state index contributed by atoms with van der Waals surface area (Å²) >= 11 is 10.8. The molecule has 0 unspecified atom stereocenters. The fraction of sp³-hybridized carbons (Fsp3) is 0.364. The van der Waals surface area contributed by atoms with E-state index in [0.29, 0.717) is 28.1 Å². The largest absolute Gasteiger partial charge is 0.370 e. The number of amides is 3. The number of urea groups is 1. The van der Waals surface area contributed by atoms with E-state index in [2.05, 4.69) is 35.4 Å². The van der Waals surface area contributed by atoms with Crippen LogP contribution in [0.25, 0.3) is 0 Å². The zero-order chi connectivity index (χ0) is 21.7. The average Bonchev–Trinajstić information content (AvgIpc) is 2.73. The highest BCUT2D eigenvalue weighted by molar-refractivity contribution is 7.82. The van der Waals surface area contributed by atoms with Crippen LogP contribution in [0.4, 0.5) is 27.5 Å². The van der Waals surface area contributed by atoms with Gasteiger partial charge >= 0.3 is 6.03 Å². The number of hydrogen-bond acceptors (Lipinski definition) is 4. The number of carbonyl (C=O) groups excluding carboxylic acids is 2. The Morgan fingerprint density at radius 2 is 1.63 bits per heavy atom. The predicted octanol–water partition coefficient (Wildman–Crippen LogP) is 5.95. The molecule has 0 aromatic heterocycles. The molecule has 30 heavy (non-hydrogen) atoms. The van der Waals surface area contributed by atoms with E-state index < -0.39 is 6.03 Å². The van der Waals surface area contributed by atoms with Crippen LogP contribution >= 0.6 is 24.4 Å². The fourth-order valence-corrected chi connectivity index (χ4v) is 4.22. The van der Waals surface area contributed by atoms with Crippen molar-refractivity contribution < 1.29 is 9.59 Å². The standard InChI is InChI=1S/C22H27ClN4O2S/c1-15(28)24-16-8-11-19(12-9-16)27(30)22(29)25-17-10-13-21(20(23)14-17)26(2)18-6-4-3-5-7-18/h8-14,18,30H,3-7H2,1-2H3,(H,24,28)(H,25,29). The lowest BCUT2D eigenvalue weighted by atomic mass is 9.94. The molecule has 0 spiro atoms. The molecule has 0 aliphatic heterocycles. The fourth-order valence-electron chi connectivity index (χ4n) is 3.72. The summed E-state index contributed by atoms with van der Waals surface area (Å²) in [5.41, 5.74) is 2.79. The number of rotatable bonds is 5. The van der Waals surface area contributed by atoms with Gasteiger partial charge in [0.1, 0.15) is 0 Å². The van der Waals surface area contributed by atoms with Crippen molar-refractivity contribution in [3.8, 4) is 0 Å². The third-order valence-corrected chi connectivity index (χ3v) is 6.04. The Hall–Kier alpha value is -2.38. The lowest BCUT2D eigenvalue weighted by molar-refractivity contribution is -0.114. The van der Waals surface area contributed by atoms with E-state index in [1.54, 1.807) is 30.3 Å². The Morgan fingerprint density at radius 3 is 2.23 bits per heavy atom. The van der Waals surface area contributed by atoms with Crippen LogP contribution in [-0.4, -0.2) is 25.0 Å². The van der Waals surface area contributed by atoms with Crippen molar-refractivity contribution >= 4 is 59.1 Å². The van der Waals surface area contributed by atoms with Crippen molar-refractivity contribution in [1.82, 2.24) is 0 Å². The van der Waals surface area contributed by atoms with Crippen LogP contribution in [0.1, 0.15) is 39.0 Å². The monoisotopic (exact) mass is 446 g/mol. The van der Waals surface area contributed by atoms with Crippen molar-refractivity contribution in [2.45, 2.75) is 45.1 Å². The number of carbonyl (C=O) groups is 2. The molecule has 1 saturated carbocycles. The second-order valence-electron chi connectivity index (χ2n) is 7.54. The summed E-state index contributed by atoms with van der Waals surface area (Å²) in [4.78, 5) is 25.9. The van der Waals surface area contributed by atoms with Gasteiger partial charge in [0.15, 0.2) is 0 Å². The Labute approximate surface area is 188 Å². The van der Waals surface area contributed by atoms with E-state index in [1.165, 1.54) is 43.3 Å². The first kappa shape index (κ1) is 22.3. The lowest BCUT2D eigenvalue weighted by Gasteiger charge is -2.33. The van der Waals surface area contributed by atoms with Gasteiger partial charge in [0.25, 0.3) is 0 Å². The van der Waals surface area contributed by atoms with Gasteiger partial charge in [-0.15, -0.1) is 0 Å². The summed E-state index contributed by atoms with van der Waals surface area (Å²) < 4.78 is 1.20. The molecule has 2 N–H and O–H groups in total. The minimum absolute atomic E-state index is 0.155. The van der Waals surface area contributed by atoms with Crippen LogP contribution in [0.3, 0.4) is 0 Å². The van der Waals surface area contributed by atoms with Gasteiger partial charge in [0.05, 0.1) is 16.4 Å². The molecule has 2 aromatic rings. The third kappa shape index (κ3) is 5.61. The van der Waals surface area contributed by atoms with Gasteiger partial charge in [-0.1, -0.05) is 43.7 Å². The molecule has 3 rings (SSSR count). The number of hydrogen-bond donors (Lipinski definition) is 3. The number of nitrogens with zero attached hydrogens (tertiary/aromatic N) is 2. The molecule has 1 aliphatic carbocycles. The zero-order valence-corrected chi connectivity index (χ0v) is 18.8. The maximum Gasteiger partial charge on any atom is 0.336 e. The van der Waals surface area contributed by atoms with Crippen molar-refractivity contribution in [2.24, 2.45) is 0 Å². The molecule has 8 heteroatoms. The number of benzene rings is 2. The van der Waals surface area contributed by atoms with Gasteiger partial charge in [-0.2, -0.15) is 0 Å². The van der Waals surface area contributed by atoms with Gasteiger partial charge in [0, 0.05) is 31.4 Å². The first-order valence-corrected chi connectivity index (χ1v) is 10.8. The van der Waals surface area contributed by atoms with E-state index >= 15 is 0 Å². The number of nitrogens with one attached hydrogen (secondary N) is 2. The highest BCUT2D eigenvalue weighted by atomic mass is 35.5. The van der Waals surface area contributed by atoms with Gasteiger partial charge in [-0.3, -0.25) is 4.79 Å². The maximum atomic E-state index is 12.6. The van der Waals surface area contributed by atoms with Crippen LogP contribution in [0, 0.1) is 0 Å². The molecular formula is C22H27ClN4O2S. The molecular weight excluding hydrogens is 420 g/mol. The summed E-state index contributed by atoms with van der Waals surface area (Å²) in [5.74, 6) is -0.155. The molecule has 0 bridgehead atoms. The van der Waals surface area contributed by atoms with Gasteiger partial charge in [0.2, 0.25) is 5.91 Å². The Kier molecular flexibility index (Phi) is 7.50. The minimum atomic E-state index is -0.407. The highest BCUT2D eigenvalue weighted by Gasteiger charge is 2.20. The first-order chi connectivity index (χ1) is 14.3. The summed E-state index contributed by atoms with van der Waals surface area (Å²) in [6.45, 7) is 1.44. The molecule has 0 radical (unpaired) electrons. The smallest absolute Gasteiger partial charge is 0.336 e. The van der Waals surface area contributed by atoms with Gasteiger partial charge in [-0.25, -0.2) is 9.10 Å². The number of anilines is 4. The molecule has 0 atom stereocenters. The second kappa shape index (κ2) is 10.1. The van der Waals surface area contributed by atoms with E-state index in [4.69, 9.17) is 11.6 Å². The Balaban J connectivity index is 1.64. The quantitative estimate of drug-likeness (QED) is 0.497. The van der Waals surface area contributed by atoms with Crippen molar-refractivity contribution in [1.29, 1.82) is 0 Å². The second-order valence-corrected chi connectivity index (χ2v) is 8.35. The van der Waals surface area contributed by atoms with Crippen molar-refractivity contribution in [3.05, 3.63) is 47.5 Å². The maximum absolute atomic E-state index is 12.6. The first-order valence-electron chi connectivity index (χ1n) is 10.0. The van der Waals surface area contributed by atoms with E-state index in [-0.39, 0.29) is 5.91 Å². The predicted molar refractivity (Wildman–Crippen MR) is 128 cm³/mol. The SMILES string of the molecule is CC(=O)Nc1ccc(N(S)C(=O)Nc2ccc(N(C)C3CCCCC3)c(Cl)c2)cc1. The summed E-state index contributed by atoms with van der Waals surface area (Å²) in [6.07, 6.45) is 6.18. The van der Waals surface area contributed by atoms with Crippen LogP contribution in [0.15, 0.2) is 42.5 Å². The molecule has 2 aromatic carbocycles. The van der Waals surface area contributed by atoms with Crippen LogP contribution in [-0.2, 0) is 4.79 Å². The summed E-state index contributed by atoms with van der Waals surface area (Å²) in [7, 11) is 2.08. The van der Waals surface area contributed by atoms with Crippen molar-refractivity contribution in [2.75, 3.05) is 26.9 Å². The molecule has 1 fully saturated rings. The zero-order valence-electron chi connectivity index (χ0n) is 17.2. The average molecular weight is 447 g/mol. The third-order valence-electron chi connectivity index (χ3n) is 5.33. The normalized spacial score (nSPS) is 14.1. The Morgan fingerprint density at radius 1 is 1.00 bits per heavy atom. The van der Waals surface area contributed by atoms with E-state index in [1.807, 2.05) is 12.1 Å². The van der Waals surface area contributed by atoms with E-state index in [9.17, 15) is 9.59 Å². The van der Waals surface area contributed by atoms with E-state index in [0.717, 1.165) is 5.69 Å². The topological polar surface area (TPSA) is 64.7 Å². The number of halogens is 1. The molecule has 3 amide bonds. The minimum Gasteiger partial charge on any atom is -0.370 e. The van der Waals surface area contributed by atoms with Crippen LogP contribution in [0.2, 0.25) is 5.02 Å². The van der Waals surface area contributed by atoms with Crippen LogP contribution in [0.5, 0.6) is 0 Å². The Bertz CT molecular complexity index is 901. The molecule has 6 nitrogen and oxygen atoms in total. The molecule has 160 valence electrons. The summed E-state index contributed by atoms with van der Waals surface area (Å²) in [6, 6.07) is 12.5. The summed E-state index contributed by atoms with van der Waals surface area (Å²) in [5, 5.41) is 6.10. The van der Waals surface area contributed by atoms with Crippen molar-refractivity contribution in [3.63, 3.8) is 0 Å². The molecule has 1 aliphatic rings. The lowest BCUT2D eigenvalue weighted by Crippen LogP contribution is -2.33. The van der Waals surface area contributed by atoms with Crippen LogP contribution < -0.4 is 19.8 Å². The van der Waals surface area contributed by atoms with Gasteiger partial charge in [-0.05, 0) is 55.3 Å². The number of thiol groups is 1. The highest BCUT2D eigenvalue weighted by Crippen LogP contribution is 2.33. The molecule has 0 heterocycles. The van der Waals surface area contributed by atoms with Gasteiger partial charge < -0.3 is 15.5 Å². The molecule has 0 saturated heterocycles.